The largest absolute Gasteiger partial charge is 0.382 e. The molecule has 1 aromatic carbocycles. The number of nitrogens with zero attached hydrogens (tertiary/aromatic N) is 6. The van der Waals surface area contributed by atoms with E-state index in [-0.39, 0.29) is 17.4 Å². The summed E-state index contributed by atoms with van der Waals surface area (Å²) in [4.78, 5) is 44.4. The van der Waals surface area contributed by atoms with Crippen molar-refractivity contribution in [3.63, 3.8) is 0 Å². The zero-order valence-electron chi connectivity index (χ0n) is 20.3. The molecule has 4 heterocycles. The van der Waals surface area contributed by atoms with E-state index in [1.54, 1.807) is 46.4 Å². The summed E-state index contributed by atoms with van der Waals surface area (Å²) in [5.74, 6) is -0.514. The minimum Gasteiger partial charge on any atom is -0.382 e. The molecule has 12 heteroatoms. The van der Waals surface area contributed by atoms with Gasteiger partial charge in [0.1, 0.15) is 0 Å². The normalized spacial score (nSPS) is 16.4. The molecule has 2 saturated heterocycles. The number of aromatic nitrogens is 3. The fourth-order valence-electron chi connectivity index (χ4n) is 4.34. The van der Waals surface area contributed by atoms with Gasteiger partial charge in [0.15, 0.2) is 19.5 Å². The molecule has 3 N–H and O–H groups in total. The number of morpholine rings is 1. The molecule has 188 valence electrons. The van der Waals surface area contributed by atoms with Crippen LogP contribution in [-0.4, -0.2) is 96.9 Å². The lowest BCUT2D eigenvalue weighted by atomic mass is 10.1. The van der Waals surface area contributed by atoms with E-state index in [4.69, 9.17) is 18.5 Å². The summed E-state index contributed by atoms with van der Waals surface area (Å²) < 4.78 is 5.43. The van der Waals surface area contributed by atoms with Gasteiger partial charge in [-0.05, 0) is 18.2 Å². The summed E-state index contributed by atoms with van der Waals surface area (Å²) in [5.41, 5.74) is 9.18. The average Bonchev–Trinajstić information content (AvgIpc) is 2.94. The van der Waals surface area contributed by atoms with E-state index in [0.717, 1.165) is 5.69 Å². The van der Waals surface area contributed by atoms with Gasteiger partial charge in [-0.15, -0.1) is 0 Å². The van der Waals surface area contributed by atoms with Crippen LogP contribution in [-0.2, 0) is 4.74 Å². The van der Waals surface area contributed by atoms with E-state index in [1.807, 2.05) is 6.07 Å². The SMILES string of the molecule is [B]N1CCN(C(=O)c2ccc(-c3cnc(N)c(C(=O)Nc4cnccc4N4CCOCC4)n3)cc2)CC1. The first-order valence-corrected chi connectivity index (χ1v) is 12.1. The zero-order chi connectivity index (χ0) is 25.8. The van der Waals surface area contributed by atoms with Gasteiger partial charge in [0.05, 0.1) is 42.7 Å². The molecule has 0 saturated carbocycles. The standard InChI is InChI=1S/C25H27BN8O3/c26-34-9-7-33(8-10-34)25(36)18-3-1-17(2-4-18)19-16-29-23(27)22(30-19)24(35)31-20-15-28-6-5-21(20)32-11-13-37-14-12-32/h1-6,15-16H,7-14H2,(H2,27,29)(H,31,35). The van der Waals surface area contributed by atoms with Gasteiger partial charge in [-0.2, -0.15) is 0 Å². The Labute approximate surface area is 216 Å². The third-order valence-electron chi connectivity index (χ3n) is 6.44. The molecule has 2 aliphatic heterocycles. The van der Waals surface area contributed by atoms with Crippen molar-refractivity contribution in [2.75, 3.05) is 68.4 Å². The van der Waals surface area contributed by atoms with Crippen molar-refractivity contribution in [2.45, 2.75) is 0 Å². The molecule has 2 radical (unpaired) electrons. The third kappa shape index (κ3) is 5.55. The molecule has 3 aromatic rings. The predicted octanol–water partition coefficient (Wildman–Crippen LogP) is 1.05. The molecule has 2 aromatic heterocycles. The molecule has 2 amide bonds. The van der Waals surface area contributed by atoms with Crippen LogP contribution >= 0.6 is 0 Å². The van der Waals surface area contributed by atoms with Crippen LogP contribution in [0, 0.1) is 0 Å². The number of carbonyl (C=O) groups excluding carboxylic acids is 2. The fourth-order valence-corrected chi connectivity index (χ4v) is 4.34. The van der Waals surface area contributed by atoms with Crippen molar-refractivity contribution in [3.8, 4) is 11.3 Å². The highest BCUT2D eigenvalue weighted by Gasteiger charge is 2.22. The maximum atomic E-state index is 13.2. The second-order valence-corrected chi connectivity index (χ2v) is 8.84. The number of nitrogens with two attached hydrogens (primary N) is 1. The molecule has 11 nitrogen and oxygen atoms in total. The Hall–Kier alpha value is -4.03. The zero-order valence-corrected chi connectivity index (χ0v) is 20.3. The molecule has 2 aliphatic rings. The Kier molecular flexibility index (Phi) is 7.29. The number of piperazine rings is 1. The number of amides is 2. The maximum Gasteiger partial charge on any atom is 0.278 e. The van der Waals surface area contributed by atoms with Gasteiger partial charge in [-0.1, -0.05) is 12.1 Å². The highest BCUT2D eigenvalue weighted by atomic mass is 16.5. The topological polar surface area (TPSA) is 130 Å². The second kappa shape index (κ2) is 10.9. The smallest absolute Gasteiger partial charge is 0.278 e. The summed E-state index contributed by atoms with van der Waals surface area (Å²) in [6, 6.07) is 8.91. The molecule has 0 aliphatic carbocycles. The Morgan fingerprint density at radius 2 is 1.70 bits per heavy atom. The van der Waals surface area contributed by atoms with Crippen LogP contribution in [0.25, 0.3) is 11.3 Å². The predicted molar refractivity (Wildman–Crippen MR) is 140 cm³/mol. The van der Waals surface area contributed by atoms with E-state index in [1.165, 1.54) is 6.20 Å². The van der Waals surface area contributed by atoms with E-state index in [9.17, 15) is 9.59 Å². The number of rotatable bonds is 5. The van der Waals surface area contributed by atoms with Gasteiger partial charge < -0.3 is 30.4 Å². The summed E-state index contributed by atoms with van der Waals surface area (Å²) >= 11 is 0. The number of anilines is 3. The lowest BCUT2D eigenvalue weighted by Gasteiger charge is -2.33. The minimum atomic E-state index is -0.486. The van der Waals surface area contributed by atoms with E-state index in [0.29, 0.717) is 75.0 Å². The first-order chi connectivity index (χ1) is 18.0. The van der Waals surface area contributed by atoms with Crippen LogP contribution in [0.2, 0.25) is 0 Å². The van der Waals surface area contributed by atoms with Gasteiger partial charge in [-0.25, -0.2) is 9.97 Å². The second-order valence-electron chi connectivity index (χ2n) is 8.84. The lowest BCUT2D eigenvalue weighted by molar-refractivity contribution is 0.0699. The van der Waals surface area contributed by atoms with Crippen molar-refractivity contribution in [1.82, 2.24) is 24.7 Å². The van der Waals surface area contributed by atoms with E-state index >= 15 is 0 Å². The third-order valence-corrected chi connectivity index (χ3v) is 6.44. The summed E-state index contributed by atoms with van der Waals surface area (Å²) in [5, 5.41) is 2.88. The van der Waals surface area contributed by atoms with Crippen LogP contribution in [0.3, 0.4) is 0 Å². The van der Waals surface area contributed by atoms with Gasteiger partial charge in [0.25, 0.3) is 11.8 Å². The van der Waals surface area contributed by atoms with Crippen LogP contribution in [0.4, 0.5) is 17.2 Å². The number of hydrogen-bond donors (Lipinski definition) is 2. The Morgan fingerprint density at radius 3 is 2.43 bits per heavy atom. The average molecular weight is 498 g/mol. The van der Waals surface area contributed by atoms with Crippen molar-refractivity contribution < 1.29 is 14.3 Å². The van der Waals surface area contributed by atoms with Crippen molar-refractivity contribution >= 4 is 37.0 Å². The first kappa shape index (κ1) is 24.7. The highest BCUT2D eigenvalue weighted by Crippen LogP contribution is 2.27. The Bertz CT molecular complexity index is 1280. The molecule has 2 fully saturated rings. The van der Waals surface area contributed by atoms with Crippen molar-refractivity contribution in [2.24, 2.45) is 0 Å². The number of nitrogens with one attached hydrogen (secondary N) is 1. The Balaban J connectivity index is 1.32. The molecule has 5 rings (SSSR count). The molecule has 0 atom stereocenters. The molecule has 0 spiro atoms. The van der Waals surface area contributed by atoms with Gasteiger partial charge in [0.2, 0.25) is 0 Å². The van der Waals surface area contributed by atoms with Crippen molar-refractivity contribution in [3.05, 3.63) is 60.2 Å². The summed E-state index contributed by atoms with van der Waals surface area (Å²) in [7, 11) is 5.78. The Morgan fingerprint density at radius 1 is 0.973 bits per heavy atom. The number of nitrogen functional groups attached to an aromatic ring is 1. The number of benzene rings is 1. The lowest BCUT2D eigenvalue weighted by Crippen LogP contribution is -2.47. The monoisotopic (exact) mass is 498 g/mol. The minimum absolute atomic E-state index is 0.00842. The highest BCUT2D eigenvalue weighted by molar-refractivity contribution is 6.07. The molecule has 0 unspecified atom stereocenters. The van der Waals surface area contributed by atoms with Crippen LogP contribution in [0.1, 0.15) is 20.8 Å². The van der Waals surface area contributed by atoms with E-state index < -0.39 is 5.91 Å². The molecule has 0 bridgehead atoms. The quantitative estimate of drug-likeness (QED) is 0.496. The summed E-state index contributed by atoms with van der Waals surface area (Å²) in [6.07, 6.45) is 4.79. The fraction of sp³-hybridized carbons (Fsp3) is 0.320. The molecular formula is C25H27BN8O3. The number of ether oxygens (including phenoxy) is 1. The molecular weight excluding hydrogens is 471 g/mol. The van der Waals surface area contributed by atoms with Crippen LogP contribution < -0.4 is 16.0 Å². The molecule has 37 heavy (non-hydrogen) atoms. The number of hydrogen-bond acceptors (Lipinski definition) is 9. The van der Waals surface area contributed by atoms with Gasteiger partial charge in [0, 0.05) is 56.6 Å². The van der Waals surface area contributed by atoms with Gasteiger partial charge >= 0.3 is 0 Å². The number of pyridine rings is 1. The van der Waals surface area contributed by atoms with E-state index in [2.05, 4.69) is 25.2 Å². The first-order valence-electron chi connectivity index (χ1n) is 12.1. The van der Waals surface area contributed by atoms with Gasteiger partial charge in [-0.3, -0.25) is 14.6 Å². The summed E-state index contributed by atoms with van der Waals surface area (Å²) in [6.45, 7) is 5.12. The van der Waals surface area contributed by atoms with Crippen molar-refractivity contribution in [1.29, 1.82) is 0 Å². The number of carbonyl (C=O) groups is 2. The maximum absolute atomic E-state index is 13.2. The van der Waals surface area contributed by atoms with Crippen LogP contribution in [0.15, 0.2) is 48.9 Å². The van der Waals surface area contributed by atoms with Crippen LogP contribution in [0.5, 0.6) is 0 Å².